The number of nitrogens with zero attached hydrogens (tertiary/aromatic N) is 2. The Kier molecular flexibility index (Phi) is 5.54. The summed E-state index contributed by atoms with van der Waals surface area (Å²) in [4.78, 5) is 40.6. The minimum absolute atomic E-state index is 0.00874. The Bertz CT molecular complexity index is 1050. The Morgan fingerprint density at radius 1 is 1.10 bits per heavy atom. The first kappa shape index (κ1) is 20.7. The molecule has 0 radical (unpaired) electrons. The van der Waals surface area contributed by atoms with Crippen LogP contribution >= 0.6 is 0 Å². The van der Waals surface area contributed by atoms with Gasteiger partial charge in [-0.2, -0.15) is 0 Å². The van der Waals surface area contributed by atoms with Crippen LogP contribution in [0.4, 0.5) is 17.1 Å². The highest BCUT2D eigenvalue weighted by Crippen LogP contribution is 2.35. The molecular formula is C23H25N3O5. The second kappa shape index (κ2) is 8.29. The number of carbonyl (C=O) groups excluding carboxylic acids is 3. The van der Waals surface area contributed by atoms with E-state index in [0.717, 1.165) is 23.4 Å². The topological polar surface area (TPSA) is 88.2 Å². The first-order valence-electron chi connectivity index (χ1n) is 10.2. The molecule has 0 bridgehead atoms. The average molecular weight is 423 g/mol. The second-order valence-electron chi connectivity index (χ2n) is 7.69. The molecule has 0 spiro atoms. The number of hydrogen-bond acceptors (Lipinski definition) is 5. The molecule has 2 aliphatic rings. The third kappa shape index (κ3) is 3.93. The number of anilines is 3. The van der Waals surface area contributed by atoms with Crippen molar-refractivity contribution in [3.8, 4) is 11.5 Å². The quantitative estimate of drug-likeness (QED) is 0.799. The van der Waals surface area contributed by atoms with E-state index in [1.165, 1.54) is 7.11 Å². The van der Waals surface area contributed by atoms with E-state index in [1.54, 1.807) is 42.0 Å². The molecule has 0 aromatic heterocycles. The van der Waals surface area contributed by atoms with Crippen molar-refractivity contribution in [2.24, 2.45) is 5.92 Å². The number of amides is 3. The zero-order valence-corrected chi connectivity index (χ0v) is 17.8. The molecular weight excluding hydrogens is 398 g/mol. The van der Waals surface area contributed by atoms with Gasteiger partial charge in [0.15, 0.2) is 0 Å². The summed E-state index contributed by atoms with van der Waals surface area (Å²) in [5.41, 5.74) is 3.22. The minimum Gasteiger partial charge on any atom is -0.497 e. The minimum atomic E-state index is -0.471. The smallest absolute Gasteiger partial charge is 0.229 e. The fourth-order valence-corrected chi connectivity index (χ4v) is 4.15. The lowest BCUT2D eigenvalue weighted by Crippen LogP contribution is -2.28. The van der Waals surface area contributed by atoms with E-state index in [0.29, 0.717) is 30.3 Å². The Morgan fingerprint density at radius 2 is 1.90 bits per heavy atom. The van der Waals surface area contributed by atoms with Crippen LogP contribution in [-0.4, -0.2) is 45.0 Å². The molecule has 2 aromatic carbocycles. The van der Waals surface area contributed by atoms with Crippen LogP contribution in [0.1, 0.15) is 18.9 Å². The zero-order valence-electron chi connectivity index (χ0n) is 17.8. The van der Waals surface area contributed by atoms with E-state index in [9.17, 15) is 14.4 Å². The van der Waals surface area contributed by atoms with Gasteiger partial charge in [0, 0.05) is 43.9 Å². The normalized spacial score (nSPS) is 17.5. The van der Waals surface area contributed by atoms with Gasteiger partial charge in [0.05, 0.1) is 25.8 Å². The number of benzene rings is 2. The molecule has 2 aromatic rings. The Labute approximate surface area is 180 Å². The van der Waals surface area contributed by atoms with Gasteiger partial charge in [-0.3, -0.25) is 14.4 Å². The van der Waals surface area contributed by atoms with Crippen molar-refractivity contribution in [1.82, 2.24) is 0 Å². The monoisotopic (exact) mass is 423 g/mol. The molecule has 1 saturated heterocycles. The van der Waals surface area contributed by atoms with Crippen molar-refractivity contribution in [2.45, 2.75) is 19.8 Å². The van der Waals surface area contributed by atoms with Gasteiger partial charge in [0.2, 0.25) is 17.7 Å². The fourth-order valence-electron chi connectivity index (χ4n) is 4.15. The molecule has 1 N–H and O–H groups in total. The molecule has 0 saturated carbocycles. The highest BCUT2D eigenvalue weighted by molar-refractivity contribution is 6.04. The fraction of sp³-hybridized carbons (Fsp3) is 0.348. The number of rotatable bonds is 5. The van der Waals surface area contributed by atoms with Crippen molar-refractivity contribution < 1.29 is 23.9 Å². The highest BCUT2D eigenvalue weighted by Gasteiger charge is 2.36. The summed E-state index contributed by atoms with van der Waals surface area (Å²) >= 11 is 0. The van der Waals surface area contributed by atoms with Crippen LogP contribution in [0.5, 0.6) is 11.5 Å². The van der Waals surface area contributed by atoms with Crippen molar-refractivity contribution >= 4 is 34.8 Å². The number of fused-ring (bicyclic) bond motifs is 1. The number of methoxy groups -OCH3 is 2. The average Bonchev–Trinajstić information content (AvgIpc) is 3.37. The third-order valence-corrected chi connectivity index (χ3v) is 5.81. The number of hydrogen-bond donors (Lipinski definition) is 1. The van der Waals surface area contributed by atoms with Gasteiger partial charge in [-0.25, -0.2) is 0 Å². The first-order valence-corrected chi connectivity index (χ1v) is 10.2. The molecule has 0 unspecified atom stereocenters. The molecule has 2 heterocycles. The maximum atomic E-state index is 12.8. The van der Waals surface area contributed by atoms with E-state index in [1.807, 2.05) is 18.2 Å². The number of ether oxygens (including phenoxy) is 2. The molecule has 2 aliphatic heterocycles. The second-order valence-corrected chi connectivity index (χ2v) is 7.69. The summed E-state index contributed by atoms with van der Waals surface area (Å²) in [5.74, 6) is 0.321. The SMILES string of the molecule is COc1ccc(NC(=O)[C@@H]2CC(=O)N(c3ccc4c(c3)CCN4C(C)=O)C2)c(OC)c1. The van der Waals surface area contributed by atoms with Crippen LogP contribution in [0.3, 0.4) is 0 Å². The maximum Gasteiger partial charge on any atom is 0.229 e. The van der Waals surface area contributed by atoms with Crippen LogP contribution in [-0.2, 0) is 20.8 Å². The highest BCUT2D eigenvalue weighted by atomic mass is 16.5. The standard InChI is InChI=1S/C23H25N3O5/c1-14(27)25-9-8-15-10-17(4-7-20(15)25)26-13-16(11-22(26)28)23(29)24-19-6-5-18(30-2)12-21(19)31-3/h4-7,10,12,16H,8-9,11,13H2,1-3H3,(H,24,29)/t16-/m1/s1. The van der Waals surface area contributed by atoms with Gasteiger partial charge < -0.3 is 24.6 Å². The van der Waals surface area contributed by atoms with Gasteiger partial charge in [0.25, 0.3) is 0 Å². The number of nitrogens with one attached hydrogen (secondary N) is 1. The summed E-state index contributed by atoms with van der Waals surface area (Å²) in [6.45, 7) is 2.50. The van der Waals surface area contributed by atoms with Gasteiger partial charge in [-0.05, 0) is 42.3 Å². The summed E-state index contributed by atoms with van der Waals surface area (Å²) in [5, 5.41) is 2.86. The lowest BCUT2D eigenvalue weighted by Gasteiger charge is -2.19. The van der Waals surface area contributed by atoms with Gasteiger partial charge in [0.1, 0.15) is 11.5 Å². The molecule has 3 amide bonds. The zero-order chi connectivity index (χ0) is 22.1. The summed E-state index contributed by atoms with van der Waals surface area (Å²) in [6, 6.07) is 10.8. The molecule has 8 heteroatoms. The predicted octanol–water partition coefficient (Wildman–Crippen LogP) is 2.60. The molecule has 1 fully saturated rings. The third-order valence-electron chi connectivity index (χ3n) is 5.81. The summed E-state index contributed by atoms with van der Waals surface area (Å²) < 4.78 is 10.5. The van der Waals surface area contributed by atoms with Gasteiger partial charge in [-0.1, -0.05) is 0 Å². The lowest BCUT2D eigenvalue weighted by molar-refractivity contribution is -0.122. The van der Waals surface area contributed by atoms with Crippen LogP contribution in [0.25, 0.3) is 0 Å². The van der Waals surface area contributed by atoms with Gasteiger partial charge >= 0.3 is 0 Å². The van der Waals surface area contributed by atoms with Crippen LogP contribution in [0, 0.1) is 5.92 Å². The van der Waals surface area contributed by atoms with E-state index >= 15 is 0 Å². The van der Waals surface area contributed by atoms with E-state index < -0.39 is 5.92 Å². The van der Waals surface area contributed by atoms with E-state index in [2.05, 4.69) is 5.32 Å². The van der Waals surface area contributed by atoms with Crippen LogP contribution < -0.4 is 24.6 Å². The largest absolute Gasteiger partial charge is 0.497 e. The van der Waals surface area contributed by atoms with E-state index in [4.69, 9.17) is 9.47 Å². The predicted molar refractivity (Wildman–Crippen MR) is 117 cm³/mol. The number of carbonyl (C=O) groups is 3. The van der Waals surface area contributed by atoms with Crippen molar-refractivity contribution in [2.75, 3.05) is 42.4 Å². The maximum absolute atomic E-state index is 12.8. The lowest BCUT2D eigenvalue weighted by atomic mass is 10.1. The summed E-state index contributed by atoms with van der Waals surface area (Å²) in [7, 11) is 3.08. The Morgan fingerprint density at radius 3 is 2.61 bits per heavy atom. The van der Waals surface area contributed by atoms with Crippen LogP contribution in [0.15, 0.2) is 36.4 Å². The summed E-state index contributed by atoms with van der Waals surface area (Å²) in [6.07, 6.45) is 0.896. The molecule has 162 valence electrons. The first-order chi connectivity index (χ1) is 14.9. The molecule has 4 rings (SSSR count). The molecule has 1 atom stereocenters. The molecule has 31 heavy (non-hydrogen) atoms. The molecule has 8 nitrogen and oxygen atoms in total. The Hall–Kier alpha value is -3.55. The van der Waals surface area contributed by atoms with Crippen LogP contribution in [0.2, 0.25) is 0 Å². The van der Waals surface area contributed by atoms with Crippen molar-refractivity contribution in [3.05, 3.63) is 42.0 Å². The Balaban J connectivity index is 1.48. The van der Waals surface area contributed by atoms with E-state index in [-0.39, 0.29) is 24.1 Å². The van der Waals surface area contributed by atoms with Crippen molar-refractivity contribution in [1.29, 1.82) is 0 Å². The van der Waals surface area contributed by atoms with Gasteiger partial charge in [-0.15, -0.1) is 0 Å². The molecule has 0 aliphatic carbocycles. The van der Waals surface area contributed by atoms with Crippen molar-refractivity contribution in [3.63, 3.8) is 0 Å².